The van der Waals surface area contributed by atoms with Crippen LogP contribution in [0.15, 0.2) is 53.5 Å². The lowest BCUT2D eigenvalue weighted by Gasteiger charge is -2.12. The molecule has 2 aromatic heterocycles. The lowest BCUT2D eigenvalue weighted by atomic mass is 10.2. The first-order chi connectivity index (χ1) is 14.1. The number of aryl methyl sites for hydroxylation is 1. The first-order valence-corrected chi connectivity index (χ1v) is 9.59. The van der Waals surface area contributed by atoms with Gasteiger partial charge in [-0.05, 0) is 49.6 Å². The Hall–Kier alpha value is -3.19. The predicted molar refractivity (Wildman–Crippen MR) is 106 cm³/mol. The number of esters is 1. The average Bonchev–Trinajstić information content (AvgIpc) is 3.25. The molecule has 0 N–H and O–H groups in total. The van der Waals surface area contributed by atoms with Crippen molar-refractivity contribution in [3.8, 4) is 5.75 Å². The Balaban J connectivity index is 1.40. The predicted octanol–water partition coefficient (Wildman–Crippen LogP) is 2.92. The monoisotopic (exact) mass is 394 g/mol. The second-order valence-corrected chi connectivity index (χ2v) is 7.07. The van der Waals surface area contributed by atoms with Gasteiger partial charge in [-0.15, -0.1) is 0 Å². The Kier molecular flexibility index (Phi) is 5.57. The van der Waals surface area contributed by atoms with Gasteiger partial charge in [-0.1, -0.05) is 12.1 Å². The van der Waals surface area contributed by atoms with E-state index in [1.165, 1.54) is 10.5 Å². The highest BCUT2D eigenvalue weighted by molar-refractivity contribution is 5.89. The molecule has 1 aromatic carbocycles. The van der Waals surface area contributed by atoms with Crippen LogP contribution in [0.2, 0.25) is 0 Å². The topological polar surface area (TPSA) is 79.1 Å². The summed E-state index contributed by atoms with van der Waals surface area (Å²) in [6, 6.07) is 11.8. The van der Waals surface area contributed by atoms with Crippen LogP contribution >= 0.6 is 0 Å². The molecular weight excluding hydrogens is 372 g/mol. The Labute approximate surface area is 167 Å². The molecular formula is C22H22N2O5. The summed E-state index contributed by atoms with van der Waals surface area (Å²) in [5, 5.41) is 0. The standard InChI is InChI=1S/C22H22N2O5/c1-15-7-8-20-23-17(11-21(25)24(20)12-15)13-29-22(26)16-4-2-5-18(10-16)28-14-19-6-3-9-27-19/h2,4-5,7-8,10-12,19H,3,6,9,13-14H2,1H3. The average molecular weight is 394 g/mol. The van der Waals surface area contributed by atoms with E-state index in [0.29, 0.717) is 29.3 Å². The maximum absolute atomic E-state index is 12.4. The number of hydrogen-bond donors (Lipinski definition) is 0. The molecule has 0 saturated carbocycles. The van der Waals surface area contributed by atoms with Crippen LogP contribution in [-0.2, 0) is 16.1 Å². The molecule has 1 atom stereocenters. The van der Waals surface area contributed by atoms with Crippen LogP contribution in [0.3, 0.4) is 0 Å². The molecule has 1 fully saturated rings. The maximum atomic E-state index is 12.4. The van der Waals surface area contributed by atoms with Crippen molar-refractivity contribution >= 4 is 11.6 Å². The van der Waals surface area contributed by atoms with Crippen molar-refractivity contribution in [2.45, 2.75) is 32.5 Å². The molecule has 0 spiro atoms. The highest BCUT2D eigenvalue weighted by Crippen LogP contribution is 2.18. The van der Waals surface area contributed by atoms with E-state index in [1.807, 2.05) is 13.0 Å². The maximum Gasteiger partial charge on any atom is 0.338 e. The van der Waals surface area contributed by atoms with E-state index in [0.717, 1.165) is 25.0 Å². The Morgan fingerprint density at radius 1 is 1.28 bits per heavy atom. The number of ether oxygens (including phenoxy) is 3. The van der Waals surface area contributed by atoms with Crippen LogP contribution < -0.4 is 10.3 Å². The molecule has 0 amide bonds. The molecule has 1 saturated heterocycles. The van der Waals surface area contributed by atoms with E-state index in [2.05, 4.69) is 4.98 Å². The minimum Gasteiger partial charge on any atom is -0.491 e. The summed E-state index contributed by atoms with van der Waals surface area (Å²) >= 11 is 0. The molecule has 3 aromatic rings. The Morgan fingerprint density at radius 2 is 2.17 bits per heavy atom. The van der Waals surface area contributed by atoms with Crippen molar-refractivity contribution in [3.63, 3.8) is 0 Å². The third kappa shape index (κ3) is 4.63. The first kappa shape index (κ1) is 19.1. The van der Waals surface area contributed by atoms with Crippen molar-refractivity contribution in [2.75, 3.05) is 13.2 Å². The van der Waals surface area contributed by atoms with Crippen molar-refractivity contribution in [3.05, 3.63) is 75.8 Å². The van der Waals surface area contributed by atoms with E-state index in [4.69, 9.17) is 14.2 Å². The third-order valence-electron chi connectivity index (χ3n) is 4.74. The van der Waals surface area contributed by atoms with Gasteiger partial charge in [0.15, 0.2) is 0 Å². The summed E-state index contributed by atoms with van der Waals surface area (Å²) in [6.07, 6.45) is 3.86. The lowest BCUT2D eigenvalue weighted by Crippen LogP contribution is -2.17. The van der Waals surface area contributed by atoms with Crippen molar-refractivity contribution < 1.29 is 19.0 Å². The van der Waals surface area contributed by atoms with Gasteiger partial charge in [0.05, 0.1) is 17.4 Å². The largest absolute Gasteiger partial charge is 0.491 e. The minimum absolute atomic E-state index is 0.0839. The molecule has 0 radical (unpaired) electrons. The summed E-state index contributed by atoms with van der Waals surface area (Å²) in [4.78, 5) is 29.0. The number of fused-ring (bicyclic) bond motifs is 1. The molecule has 7 nitrogen and oxygen atoms in total. The smallest absolute Gasteiger partial charge is 0.338 e. The number of carbonyl (C=O) groups excluding carboxylic acids is 1. The molecule has 7 heteroatoms. The van der Waals surface area contributed by atoms with Gasteiger partial charge in [0, 0.05) is 18.9 Å². The van der Waals surface area contributed by atoms with Crippen LogP contribution in [0, 0.1) is 6.92 Å². The number of aromatic nitrogens is 2. The van der Waals surface area contributed by atoms with Crippen molar-refractivity contribution in [1.82, 2.24) is 9.38 Å². The molecule has 1 aliphatic rings. The van der Waals surface area contributed by atoms with E-state index in [-0.39, 0.29) is 18.3 Å². The second-order valence-electron chi connectivity index (χ2n) is 7.07. The summed E-state index contributed by atoms with van der Waals surface area (Å²) in [7, 11) is 0. The fourth-order valence-corrected chi connectivity index (χ4v) is 3.23. The van der Waals surface area contributed by atoms with Crippen molar-refractivity contribution in [2.24, 2.45) is 0 Å². The van der Waals surface area contributed by atoms with Crippen LogP contribution in [-0.4, -0.2) is 34.7 Å². The molecule has 1 unspecified atom stereocenters. The Bertz CT molecular complexity index is 1090. The summed E-state index contributed by atoms with van der Waals surface area (Å²) < 4.78 is 18.1. The van der Waals surface area contributed by atoms with Gasteiger partial charge >= 0.3 is 5.97 Å². The zero-order valence-corrected chi connectivity index (χ0v) is 16.2. The van der Waals surface area contributed by atoms with E-state index in [9.17, 15) is 9.59 Å². The van der Waals surface area contributed by atoms with Crippen molar-refractivity contribution in [1.29, 1.82) is 0 Å². The number of benzene rings is 1. The van der Waals surface area contributed by atoms with E-state index < -0.39 is 5.97 Å². The normalized spacial score (nSPS) is 16.1. The SMILES string of the molecule is Cc1ccc2nc(COC(=O)c3cccc(OCC4CCCO4)c3)cc(=O)n2c1. The van der Waals surface area contributed by atoms with E-state index in [1.54, 1.807) is 36.5 Å². The fraction of sp³-hybridized carbons (Fsp3) is 0.318. The third-order valence-corrected chi connectivity index (χ3v) is 4.74. The number of carbonyl (C=O) groups is 1. The van der Waals surface area contributed by atoms with Gasteiger partial charge < -0.3 is 14.2 Å². The minimum atomic E-state index is -0.501. The molecule has 1 aliphatic heterocycles. The quantitative estimate of drug-likeness (QED) is 0.598. The van der Waals surface area contributed by atoms with Gasteiger partial charge in [-0.3, -0.25) is 9.20 Å². The summed E-state index contributed by atoms with van der Waals surface area (Å²) in [5.74, 6) is 0.0888. The lowest BCUT2D eigenvalue weighted by molar-refractivity contribution is 0.0466. The highest BCUT2D eigenvalue weighted by Gasteiger charge is 2.16. The molecule has 0 aliphatic carbocycles. The number of rotatable bonds is 6. The molecule has 150 valence electrons. The number of pyridine rings is 1. The zero-order chi connectivity index (χ0) is 20.2. The van der Waals surface area contributed by atoms with Gasteiger partial charge in [0.2, 0.25) is 0 Å². The van der Waals surface area contributed by atoms with Crippen LogP contribution in [0.25, 0.3) is 5.65 Å². The second kappa shape index (κ2) is 8.45. The summed E-state index contributed by atoms with van der Waals surface area (Å²) in [5.41, 5.74) is 2.04. The van der Waals surface area contributed by atoms with Gasteiger partial charge in [0.25, 0.3) is 5.56 Å². The molecule has 29 heavy (non-hydrogen) atoms. The summed E-state index contributed by atoms with van der Waals surface area (Å²) in [6.45, 7) is 3.05. The number of nitrogens with zero attached hydrogens (tertiary/aromatic N) is 2. The van der Waals surface area contributed by atoms with Gasteiger partial charge in [0.1, 0.15) is 24.6 Å². The van der Waals surface area contributed by atoms with Gasteiger partial charge in [-0.25, -0.2) is 9.78 Å². The van der Waals surface area contributed by atoms with Crippen LogP contribution in [0.5, 0.6) is 5.75 Å². The van der Waals surface area contributed by atoms with E-state index >= 15 is 0 Å². The fourth-order valence-electron chi connectivity index (χ4n) is 3.23. The first-order valence-electron chi connectivity index (χ1n) is 9.59. The molecule has 4 rings (SSSR count). The highest BCUT2D eigenvalue weighted by atomic mass is 16.5. The Morgan fingerprint density at radius 3 is 3.00 bits per heavy atom. The zero-order valence-electron chi connectivity index (χ0n) is 16.2. The van der Waals surface area contributed by atoms with Gasteiger partial charge in [-0.2, -0.15) is 0 Å². The van der Waals surface area contributed by atoms with Crippen LogP contribution in [0.4, 0.5) is 0 Å². The molecule has 0 bridgehead atoms. The number of hydrogen-bond acceptors (Lipinski definition) is 6. The molecule has 3 heterocycles. The van der Waals surface area contributed by atoms with Crippen LogP contribution in [0.1, 0.15) is 34.5 Å².